The van der Waals surface area contributed by atoms with Gasteiger partial charge in [-0.25, -0.2) is 4.98 Å². The van der Waals surface area contributed by atoms with Gasteiger partial charge in [-0.15, -0.1) is 11.3 Å². The number of pyridine rings is 1. The quantitative estimate of drug-likeness (QED) is 0.722. The minimum absolute atomic E-state index is 0.00416. The molecule has 24 heavy (non-hydrogen) atoms. The second kappa shape index (κ2) is 6.61. The van der Waals surface area contributed by atoms with Gasteiger partial charge < -0.3 is 9.30 Å². The lowest BCUT2D eigenvalue weighted by atomic mass is 10.0. The summed E-state index contributed by atoms with van der Waals surface area (Å²) in [6, 6.07) is 7.71. The number of thiazole rings is 1. The molecule has 0 unspecified atom stereocenters. The van der Waals surface area contributed by atoms with Gasteiger partial charge in [-0.2, -0.15) is 0 Å². The molecule has 2 aromatic heterocycles. The molecule has 124 valence electrons. The molecule has 0 radical (unpaired) electrons. The molecule has 5 heteroatoms. The van der Waals surface area contributed by atoms with E-state index in [0.29, 0.717) is 6.54 Å². The minimum Gasteiger partial charge on any atom is -0.496 e. The first kappa shape index (κ1) is 16.5. The lowest BCUT2D eigenvalue weighted by Crippen LogP contribution is -2.19. The number of benzene rings is 1. The Balaban J connectivity index is 1.94. The van der Waals surface area contributed by atoms with Crippen LogP contribution in [0.1, 0.15) is 21.7 Å². The van der Waals surface area contributed by atoms with Crippen molar-refractivity contribution < 1.29 is 4.74 Å². The molecule has 0 fully saturated rings. The summed E-state index contributed by atoms with van der Waals surface area (Å²) in [7, 11) is 1.67. The van der Waals surface area contributed by atoms with Crippen molar-refractivity contribution in [3.63, 3.8) is 0 Å². The van der Waals surface area contributed by atoms with Crippen LogP contribution >= 0.6 is 11.3 Å². The van der Waals surface area contributed by atoms with Gasteiger partial charge in [0.15, 0.2) is 0 Å². The van der Waals surface area contributed by atoms with Crippen molar-refractivity contribution in [1.29, 1.82) is 0 Å². The van der Waals surface area contributed by atoms with E-state index in [1.165, 1.54) is 11.1 Å². The lowest BCUT2D eigenvalue weighted by Gasteiger charge is -2.10. The third-order valence-corrected chi connectivity index (χ3v) is 4.93. The molecule has 0 saturated heterocycles. The van der Waals surface area contributed by atoms with E-state index in [4.69, 9.17) is 9.72 Å². The number of ether oxygens (including phenoxy) is 1. The third kappa shape index (κ3) is 3.26. The van der Waals surface area contributed by atoms with Gasteiger partial charge in [-0.3, -0.25) is 4.79 Å². The molecule has 0 aliphatic carbocycles. The summed E-state index contributed by atoms with van der Waals surface area (Å²) in [5.41, 5.74) is 5.23. The monoisotopic (exact) mass is 340 g/mol. The van der Waals surface area contributed by atoms with Crippen LogP contribution in [-0.4, -0.2) is 16.7 Å². The maximum atomic E-state index is 12.0. The van der Waals surface area contributed by atoms with Gasteiger partial charge in [0.25, 0.3) is 5.56 Å². The summed E-state index contributed by atoms with van der Waals surface area (Å²) in [6.45, 7) is 6.55. The van der Waals surface area contributed by atoms with Crippen molar-refractivity contribution >= 4 is 11.3 Å². The van der Waals surface area contributed by atoms with E-state index in [1.54, 1.807) is 29.1 Å². The summed E-state index contributed by atoms with van der Waals surface area (Å²) in [5, 5.41) is 2.91. The summed E-state index contributed by atoms with van der Waals surface area (Å²) in [6.07, 6.45) is 1.81. The first-order chi connectivity index (χ1) is 11.5. The number of nitrogens with zero attached hydrogens (tertiary/aromatic N) is 2. The average Bonchev–Trinajstić information content (AvgIpc) is 3.00. The van der Waals surface area contributed by atoms with Crippen molar-refractivity contribution in [2.45, 2.75) is 27.3 Å². The topological polar surface area (TPSA) is 44.1 Å². The van der Waals surface area contributed by atoms with Crippen LogP contribution < -0.4 is 10.3 Å². The zero-order chi connectivity index (χ0) is 17.3. The van der Waals surface area contributed by atoms with E-state index in [-0.39, 0.29) is 5.56 Å². The fraction of sp³-hybridized carbons (Fsp3) is 0.263. The average molecular weight is 340 g/mol. The van der Waals surface area contributed by atoms with Crippen LogP contribution in [0.15, 0.2) is 40.6 Å². The standard InChI is InChI=1S/C19H20N2O2S/c1-12-5-6-21(19(22)7-12)10-18-20-16(11-24-18)15-8-13(2)14(3)9-17(15)23-4/h5-9,11H,10H2,1-4H3. The number of aromatic nitrogens is 2. The Morgan fingerprint density at radius 1 is 1.17 bits per heavy atom. The van der Waals surface area contributed by atoms with E-state index in [0.717, 1.165) is 27.6 Å². The Hall–Kier alpha value is -2.40. The Morgan fingerprint density at radius 3 is 2.62 bits per heavy atom. The van der Waals surface area contributed by atoms with Gasteiger partial charge in [0.2, 0.25) is 0 Å². The maximum Gasteiger partial charge on any atom is 0.251 e. The third-order valence-electron chi connectivity index (χ3n) is 4.10. The van der Waals surface area contributed by atoms with Gasteiger partial charge in [-0.05, 0) is 55.7 Å². The Morgan fingerprint density at radius 2 is 1.92 bits per heavy atom. The van der Waals surface area contributed by atoms with Crippen LogP contribution in [0.25, 0.3) is 11.3 Å². The van der Waals surface area contributed by atoms with E-state index in [2.05, 4.69) is 19.9 Å². The fourth-order valence-electron chi connectivity index (χ4n) is 2.55. The highest BCUT2D eigenvalue weighted by atomic mass is 32.1. The molecule has 0 atom stereocenters. The molecular formula is C19H20N2O2S. The van der Waals surface area contributed by atoms with Crippen molar-refractivity contribution in [1.82, 2.24) is 9.55 Å². The fourth-order valence-corrected chi connectivity index (χ4v) is 3.34. The van der Waals surface area contributed by atoms with Gasteiger partial charge >= 0.3 is 0 Å². The van der Waals surface area contributed by atoms with Crippen molar-refractivity contribution in [3.05, 3.63) is 67.9 Å². The number of hydrogen-bond acceptors (Lipinski definition) is 4. The summed E-state index contributed by atoms with van der Waals surface area (Å²) >= 11 is 1.55. The van der Waals surface area contributed by atoms with E-state index in [1.807, 2.05) is 30.6 Å². The van der Waals surface area contributed by atoms with Crippen LogP contribution in [0.5, 0.6) is 5.75 Å². The van der Waals surface area contributed by atoms with Crippen LogP contribution in [0.4, 0.5) is 0 Å². The predicted molar refractivity (Wildman–Crippen MR) is 98.1 cm³/mol. The molecule has 0 saturated carbocycles. The molecule has 0 N–H and O–H groups in total. The predicted octanol–water partition coefficient (Wildman–Crippen LogP) is 3.95. The van der Waals surface area contributed by atoms with Crippen molar-refractivity contribution in [3.8, 4) is 17.0 Å². The maximum absolute atomic E-state index is 12.0. The molecule has 1 aromatic carbocycles. The zero-order valence-corrected chi connectivity index (χ0v) is 15.1. The summed E-state index contributed by atoms with van der Waals surface area (Å²) in [4.78, 5) is 16.7. The lowest BCUT2D eigenvalue weighted by molar-refractivity contribution is 0.416. The van der Waals surface area contributed by atoms with E-state index < -0.39 is 0 Å². The molecule has 3 rings (SSSR count). The molecule has 4 nitrogen and oxygen atoms in total. The van der Waals surface area contributed by atoms with Gasteiger partial charge in [0.1, 0.15) is 10.8 Å². The van der Waals surface area contributed by atoms with Gasteiger partial charge in [0.05, 0.1) is 19.3 Å². The second-order valence-electron chi connectivity index (χ2n) is 5.93. The summed E-state index contributed by atoms with van der Waals surface area (Å²) in [5.74, 6) is 0.822. The van der Waals surface area contributed by atoms with Crippen LogP contribution in [0, 0.1) is 20.8 Å². The molecule has 0 amide bonds. The zero-order valence-electron chi connectivity index (χ0n) is 14.3. The molecule has 0 aliphatic heterocycles. The molecular weight excluding hydrogens is 320 g/mol. The SMILES string of the molecule is COc1cc(C)c(C)cc1-c1csc(Cn2ccc(C)cc2=O)n1. The van der Waals surface area contributed by atoms with Gasteiger partial charge in [-0.1, -0.05) is 0 Å². The Bertz CT molecular complexity index is 941. The number of hydrogen-bond donors (Lipinski definition) is 0. The highest BCUT2D eigenvalue weighted by Crippen LogP contribution is 2.33. The van der Waals surface area contributed by atoms with Crippen LogP contribution in [0.3, 0.4) is 0 Å². The van der Waals surface area contributed by atoms with Crippen molar-refractivity contribution in [2.75, 3.05) is 7.11 Å². The first-order valence-corrected chi connectivity index (χ1v) is 8.63. The number of aryl methyl sites for hydroxylation is 3. The largest absolute Gasteiger partial charge is 0.496 e. The highest BCUT2D eigenvalue weighted by molar-refractivity contribution is 7.09. The smallest absolute Gasteiger partial charge is 0.251 e. The molecule has 0 aliphatic rings. The number of methoxy groups -OCH3 is 1. The summed E-state index contributed by atoms with van der Waals surface area (Å²) < 4.78 is 7.18. The van der Waals surface area contributed by atoms with E-state index in [9.17, 15) is 4.79 Å². The Labute approximate surface area is 145 Å². The molecule has 3 aromatic rings. The molecule has 0 bridgehead atoms. The van der Waals surface area contributed by atoms with Crippen LogP contribution in [-0.2, 0) is 6.54 Å². The van der Waals surface area contributed by atoms with Crippen LogP contribution in [0.2, 0.25) is 0 Å². The Kier molecular flexibility index (Phi) is 4.53. The van der Waals surface area contributed by atoms with Gasteiger partial charge in [0, 0.05) is 23.2 Å². The molecule has 2 heterocycles. The minimum atomic E-state index is -0.00416. The molecule has 0 spiro atoms. The second-order valence-corrected chi connectivity index (χ2v) is 6.88. The normalized spacial score (nSPS) is 10.8. The van der Waals surface area contributed by atoms with Crippen molar-refractivity contribution in [2.24, 2.45) is 0 Å². The number of rotatable bonds is 4. The van der Waals surface area contributed by atoms with E-state index >= 15 is 0 Å². The first-order valence-electron chi connectivity index (χ1n) is 7.75. The highest BCUT2D eigenvalue weighted by Gasteiger charge is 2.12.